The summed E-state index contributed by atoms with van der Waals surface area (Å²) in [5.74, 6) is 0. The second-order valence-corrected chi connectivity index (χ2v) is 6.10. The van der Waals surface area contributed by atoms with Gasteiger partial charge in [-0.3, -0.25) is 0 Å². The van der Waals surface area contributed by atoms with Gasteiger partial charge in [0.1, 0.15) is 0 Å². The summed E-state index contributed by atoms with van der Waals surface area (Å²) >= 11 is 6.07. The van der Waals surface area contributed by atoms with Gasteiger partial charge in [-0.2, -0.15) is 0 Å². The molecule has 3 heteroatoms. The fourth-order valence-electron chi connectivity index (χ4n) is 3.40. The molecule has 1 aliphatic carbocycles. The summed E-state index contributed by atoms with van der Waals surface area (Å²) in [7, 11) is 2.19. The number of fused-ring (bicyclic) bond motifs is 1. The van der Waals surface area contributed by atoms with E-state index >= 15 is 0 Å². The Morgan fingerprint density at radius 2 is 2.06 bits per heavy atom. The maximum atomic E-state index is 6.49. The Kier molecular flexibility index (Phi) is 2.69. The molecule has 1 atom stereocenters. The van der Waals surface area contributed by atoms with E-state index in [-0.39, 0.29) is 6.04 Å². The van der Waals surface area contributed by atoms with Crippen molar-refractivity contribution in [1.29, 1.82) is 0 Å². The smallest absolute Gasteiger partial charge is 0.0408 e. The molecule has 0 saturated carbocycles. The Morgan fingerprint density at radius 1 is 1.35 bits per heavy atom. The second kappa shape index (κ2) is 3.98. The van der Waals surface area contributed by atoms with Crippen molar-refractivity contribution in [2.75, 3.05) is 20.1 Å². The molecule has 1 aromatic rings. The zero-order valence-corrected chi connectivity index (χ0v) is 11.0. The molecule has 17 heavy (non-hydrogen) atoms. The van der Waals surface area contributed by atoms with E-state index in [1.54, 1.807) is 0 Å². The molecule has 1 aromatic carbocycles. The number of piperidine rings is 1. The SMILES string of the molecule is CN1CCC2(CC1)Cc1cc(Cl)ccc1[C@@H]2N. The van der Waals surface area contributed by atoms with Crippen LogP contribution in [-0.4, -0.2) is 25.0 Å². The summed E-state index contributed by atoms with van der Waals surface area (Å²) in [4.78, 5) is 2.40. The summed E-state index contributed by atoms with van der Waals surface area (Å²) < 4.78 is 0. The van der Waals surface area contributed by atoms with Gasteiger partial charge in [0.25, 0.3) is 0 Å². The van der Waals surface area contributed by atoms with Crippen molar-refractivity contribution in [3.05, 3.63) is 34.3 Å². The van der Waals surface area contributed by atoms with E-state index in [4.69, 9.17) is 17.3 Å². The number of hydrogen-bond donors (Lipinski definition) is 1. The number of benzene rings is 1. The van der Waals surface area contributed by atoms with E-state index in [0.29, 0.717) is 5.41 Å². The first-order valence-electron chi connectivity index (χ1n) is 6.33. The van der Waals surface area contributed by atoms with Crippen molar-refractivity contribution in [3.8, 4) is 0 Å². The summed E-state index contributed by atoms with van der Waals surface area (Å²) in [6, 6.07) is 6.39. The van der Waals surface area contributed by atoms with E-state index in [1.165, 1.54) is 24.0 Å². The van der Waals surface area contributed by atoms with Gasteiger partial charge < -0.3 is 10.6 Å². The molecule has 92 valence electrons. The maximum Gasteiger partial charge on any atom is 0.0408 e. The topological polar surface area (TPSA) is 29.3 Å². The number of rotatable bonds is 0. The Morgan fingerprint density at radius 3 is 2.76 bits per heavy atom. The zero-order valence-electron chi connectivity index (χ0n) is 10.2. The van der Waals surface area contributed by atoms with E-state index in [1.807, 2.05) is 6.07 Å². The number of halogens is 1. The van der Waals surface area contributed by atoms with Gasteiger partial charge in [-0.15, -0.1) is 0 Å². The predicted molar refractivity (Wildman–Crippen MR) is 71.2 cm³/mol. The highest BCUT2D eigenvalue weighted by molar-refractivity contribution is 6.30. The Labute approximate surface area is 108 Å². The van der Waals surface area contributed by atoms with Gasteiger partial charge in [0.05, 0.1) is 0 Å². The summed E-state index contributed by atoms with van der Waals surface area (Å²) in [6.07, 6.45) is 3.52. The minimum absolute atomic E-state index is 0.198. The van der Waals surface area contributed by atoms with Crippen LogP contribution in [0.5, 0.6) is 0 Å². The Bertz CT molecular complexity index is 436. The summed E-state index contributed by atoms with van der Waals surface area (Å²) in [6.45, 7) is 2.32. The van der Waals surface area contributed by atoms with Crippen LogP contribution in [0, 0.1) is 5.41 Å². The molecule has 1 saturated heterocycles. The molecule has 0 unspecified atom stereocenters. The number of nitrogens with zero attached hydrogens (tertiary/aromatic N) is 1. The van der Waals surface area contributed by atoms with Crippen LogP contribution in [0.15, 0.2) is 18.2 Å². The Hall–Kier alpha value is -0.570. The van der Waals surface area contributed by atoms with Gasteiger partial charge in [-0.25, -0.2) is 0 Å². The lowest BCUT2D eigenvalue weighted by Gasteiger charge is -2.41. The third-order valence-corrected chi connectivity index (χ3v) is 4.86. The van der Waals surface area contributed by atoms with Gasteiger partial charge in [0.15, 0.2) is 0 Å². The first-order chi connectivity index (χ1) is 8.11. The van der Waals surface area contributed by atoms with Crippen molar-refractivity contribution < 1.29 is 0 Å². The van der Waals surface area contributed by atoms with Crippen molar-refractivity contribution in [2.24, 2.45) is 11.1 Å². The quantitative estimate of drug-likeness (QED) is 0.767. The molecule has 1 spiro atoms. The van der Waals surface area contributed by atoms with Crippen LogP contribution in [0.1, 0.15) is 30.0 Å². The molecular weight excluding hydrogens is 232 g/mol. The maximum absolute atomic E-state index is 6.49. The predicted octanol–water partition coefficient (Wildman–Crippen LogP) is 2.61. The van der Waals surface area contributed by atoms with Crippen LogP contribution < -0.4 is 5.73 Å². The highest BCUT2D eigenvalue weighted by Crippen LogP contribution is 2.50. The van der Waals surface area contributed by atoms with Crippen LogP contribution >= 0.6 is 11.6 Å². The molecule has 1 aliphatic heterocycles. The van der Waals surface area contributed by atoms with E-state index in [9.17, 15) is 0 Å². The normalized spacial score (nSPS) is 27.4. The van der Waals surface area contributed by atoms with Gasteiger partial charge >= 0.3 is 0 Å². The third kappa shape index (κ3) is 1.79. The molecule has 3 rings (SSSR count). The molecule has 2 N–H and O–H groups in total. The fraction of sp³-hybridized carbons (Fsp3) is 0.571. The third-order valence-electron chi connectivity index (χ3n) is 4.63. The van der Waals surface area contributed by atoms with Crippen LogP contribution in [0.2, 0.25) is 5.02 Å². The van der Waals surface area contributed by atoms with Gasteiger partial charge in [-0.05, 0) is 68.1 Å². The van der Waals surface area contributed by atoms with E-state index < -0.39 is 0 Å². The molecule has 1 fully saturated rings. The lowest BCUT2D eigenvalue weighted by molar-refractivity contribution is 0.106. The largest absolute Gasteiger partial charge is 0.323 e. The summed E-state index contributed by atoms with van der Waals surface area (Å²) in [5, 5.41) is 0.834. The van der Waals surface area contributed by atoms with Crippen LogP contribution in [-0.2, 0) is 6.42 Å². The van der Waals surface area contributed by atoms with E-state index in [2.05, 4.69) is 24.1 Å². The van der Waals surface area contributed by atoms with Crippen molar-refractivity contribution in [3.63, 3.8) is 0 Å². The second-order valence-electron chi connectivity index (χ2n) is 5.66. The lowest BCUT2D eigenvalue weighted by Crippen LogP contribution is -2.42. The first kappa shape index (κ1) is 11.5. The molecule has 1 heterocycles. The molecule has 2 aliphatic rings. The average molecular weight is 251 g/mol. The van der Waals surface area contributed by atoms with Crippen molar-refractivity contribution >= 4 is 11.6 Å². The first-order valence-corrected chi connectivity index (χ1v) is 6.71. The molecule has 0 radical (unpaired) electrons. The lowest BCUT2D eigenvalue weighted by atomic mass is 9.73. The minimum atomic E-state index is 0.198. The molecular formula is C14H19ClN2. The number of likely N-dealkylation sites (tertiary alicyclic amines) is 1. The van der Waals surface area contributed by atoms with Crippen LogP contribution in [0.25, 0.3) is 0 Å². The van der Waals surface area contributed by atoms with Crippen molar-refractivity contribution in [1.82, 2.24) is 4.90 Å². The highest BCUT2D eigenvalue weighted by atomic mass is 35.5. The Balaban J connectivity index is 1.92. The highest BCUT2D eigenvalue weighted by Gasteiger charge is 2.45. The minimum Gasteiger partial charge on any atom is -0.323 e. The van der Waals surface area contributed by atoms with Crippen molar-refractivity contribution in [2.45, 2.75) is 25.3 Å². The molecule has 0 aromatic heterocycles. The molecule has 0 bridgehead atoms. The standard InChI is InChI=1S/C14H19ClN2/c1-17-6-4-14(5-7-17)9-10-8-11(15)2-3-12(10)13(14)16/h2-3,8,13H,4-7,9,16H2,1H3/t13-/m0/s1. The number of nitrogens with two attached hydrogens (primary N) is 1. The zero-order chi connectivity index (χ0) is 12.0. The summed E-state index contributed by atoms with van der Waals surface area (Å²) in [5.41, 5.74) is 9.47. The molecule has 2 nitrogen and oxygen atoms in total. The fourth-order valence-corrected chi connectivity index (χ4v) is 3.60. The molecule has 0 amide bonds. The monoisotopic (exact) mass is 250 g/mol. The van der Waals surface area contributed by atoms with Gasteiger partial charge in [0, 0.05) is 11.1 Å². The average Bonchev–Trinajstić information content (AvgIpc) is 2.57. The van der Waals surface area contributed by atoms with Crippen LogP contribution in [0.4, 0.5) is 0 Å². The van der Waals surface area contributed by atoms with E-state index in [0.717, 1.165) is 24.5 Å². The van der Waals surface area contributed by atoms with Gasteiger partial charge in [0.2, 0.25) is 0 Å². The van der Waals surface area contributed by atoms with Gasteiger partial charge in [-0.1, -0.05) is 17.7 Å². The van der Waals surface area contributed by atoms with Crippen LogP contribution in [0.3, 0.4) is 0 Å². The number of hydrogen-bond acceptors (Lipinski definition) is 2.